The summed E-state index contributed by atoms with van der Waals surface area (Å²) >= 11 is 7.43. The van der Waals surface area contributed by atoms with Crippen LogP contribution in [0.1, 0.15) is 41.9 Å². The van der Waals surface area contributed by atoms with Gasteiger partial charge in [0.2, 0.25) is 5.91 Å². The van der Waals surface area contributed by atoms with Crippen LogP contribution in [0, 0.1) is 25.2 Å². The monoisotopic (exact) mass is 477 g/mol. The molecule has 168 valence electrons. The minimum absolute atomic E-state index is 0.0834. The Morgan fingerprint density at radius 2 is 1.97 bits per heavy atom. The molecule has 1 heterocycles. The largest absolute Gasteiger partial charge is 0.352 e. The molecule has 0 radical (unpaired) electrons. The maximum absolute atomic E-state index is 12.9. The number of dihydropyridines is 1. The van der Waals surface area contributed by atoms with E-state index in [1.165, 1.54) is 11.8 Å². The van der Waals surface area contributed by atoms with Crippen LogP contribution in [0.4, 0.5) is 5.69 Å². The van der Waals surface area contributed by atoms with E-state index in [0.29, 0.717) is 33.3 Å². The Labute approximate surface area is 202 Å². The molecule has 33 heavy (non-hydrogen) atoms. The Bertz CT molecular complexity index is 1230. The molecule has 2 aromatic carbocycles. The molecule has 4 rings (SSSR count). The van der Waals surface area contributed by atoms with Gasteiger partial charge in [-0.3, -0.25) is 9.59 Å². The van der Waals surface area contributed by atoms with Gasteiger partial charge in [-0.25, -0.2) is 0 Å². The highest BCUT2D eigenvalue weighted by atomic mass is 35.5. The number of nitriles is 1. The zero-order chi connectivity index (χ0) is 23.5. The maximum atomic E-state index is 12.9. The number of halogens is 1. The van der Waals surface area contributed by atoms with E-state index in [4.69, 9.17) is 11.6 Å². The molecule has 0 spiro atoms. The van der Waals surface area contributed by atoms with Crippen LogP contribution in [0.2, 0.25) is 5.02 Å². The minimum Gasteiger partial charge on any atom is -0.352 e. The number of Topliss-reactive ketones (excluding diaryl/α,β-unsaturated/α-hetero) is 1. The third-order valence-electron chi connectivity index (χ3n) is 5.88. The summed E-state index contributed by atoms with van der Waals surface area (Å²) in [5, 5.41) is 17.5. The standard InChI is InChI=1S/C26H24ClN3O2S/c1-15-6-9-17(10-7-15)24-19(13-28)26(30-21-4-3-5-22(31)25(21)24)33-14-23(32)29-18-11-8-16(2)20(27)12-18/h6-12,24,30H,3-5,14H2,1-2H3,(H,29,32)/t24-/m0/s1. The number of hydrogen-bond donors (Lipinski definition) is 2. The number of aryl methyl sites for hydroxylation is 2. The number of anilines is 1. The van der Waals surface area contributed by atoms with Crippen molar-refractivity contribution in [1.82, 2.24) is 5.32 Å². The summed E-state index contributed by atoms with van der Waals surface area (Å²) in [5.74, 6) is -0.407. The van der Waals surface area contributed by atoms with Gasteiger partial charge in [-0.05, 0) is 49.9 Å². The van der Waals surface area contributed by atoms with Crippen LogP contribution in [0.5, 0.6) is 0 Å². The van der Waals surface area contributed by atoms with Crippen molar-refractivity contribution >= 4 is 40.7 Å². The van der Waals surface area contributed by atoms with Crippen molar-refractivity contribution in [2.75, 3.05) is 11.1 Å². The number of ketones is 1. The predicted octanol–water partition coefficient (Wildman–Crippen LogP) is 5.76. The molecular formula is C26H24ClN3O2S. The van der Waals surface area contributed by atoms with Gasteiger partial charge in [0.1, 0.15) is 0 Å². The molecule has 0 unspecified atom stereocenters. The number of thioether (sulfide) groups is 1. The molecular weight excluding hydrogens is 454 g/mol. The van der Waals surface area contributed by atoms with Crippen molar-refractivity contribution in [2.24, 2.45) is 0 Å². The van der Waals surface area contributed by atoms with E-state index in [1.807, 2.05) is 44.2 Å². The Morgan fingerprint density at radius 1 is 1.21 bits per heavy atom. The highest BCUT2D eigenvalue weighted by molar-refractivity contribution is 8.03. The van der Waals surface area contributed by atoms with Crippen molar-refractivity contribution in [3.8, 4) is 6.07 Å². The quantitative estimate of drug-likeness (QED) is 0.572. The first-order valence-electron chi connectivity index (χ1n) is 10.8. The molecule has 2 aromatic rings. The number of carbonyl (C=O) groups excluding carboxylic acids is 2. The normalized spacial score (nSPS) is 17.9. The molecule has 7 heteroatoms. The highest BCUT2D eigenvalue weighted by Gasteiger charge is 2.37. The van der Waals surface area contributed by atoms with E-state index in [9.17, 15) is 14.9 Å². The topological polar surface area (TPSA) is 82.0 Å². The lowest BCUT2D eigenvalue weighted by Gasteiger charge is -2.33. The number of rotatable bonds is 5. The predicted molar refractivity (Wildman–Crippen MR) is 133 cm³/mol. The van der Waals surface area contributed by atoms with E-state index >= 15 is 0 Å². The van der Waals surface area contributed by atoms with Crippen LogP contribution >= 0.6 is 23.4 Å². The number of hydrogen-bond acceptors (Lipinski definition) is 5. The highest BCUT2D eigenvalue weighted by Crippen LogP contribution is 2.44. The summed E-state index contributed by atoms with van der Waals surface area (Å²) in [6.07, 6.45) is 2.02. The van der Waals surface area contributed by atoms with E-state index in [-0.39, 0.29) is 17.4 Å². The molecule has 1 aliphatic carbocycles. The first-order chi connectivity index (χ1) is 15.9. The van der Waals surface area contributed by atoms with Crippen molar-refractivity contribution in [1.29, 1.82) is 5.26 Å². The summed E-state index contributed by atoms with van der Waals surface area (Å²) in [5.41, 5.74) is 5.62. The van der Waals surface area contributed by atoms with Gasteiger partial charge in [-0.1, -0.05) is 59.3 Å². The number of nitrogens with one attached hydrogen (secondary N) is 2. The van der Waals surface area contributed by atoms with Crippen molar-refractivity contribution in [3.63, 3.8) is 0 Å². The molecule has 1 atom stereocenters. The molecule has 5 nitrogen and oxygen atoms in total. The molecule has 0 saturated carbocycles. The van der Waals surface area contributed by atoms with Gasteiger partial charge in [0.15, 0.2) is 5.78 Å². The van der Waals surface area contributed by atoms with E-state index in [2.05, 4.69) is 16.7 Å². The van der Waals surface area contributed by atoms with Crippen LogP contribution in [0.25, 0.3) is 0 Å². The SMILES string of the molecule is Cc1ccc([C@H]2C(C#N)=C(SCC(=O)Nc3ccc(C)c(Cl)c3)NC3=C2C(=O)CCC3)cc1. The zero-order valence-corrected chi connectivity index (χ0v) is 20.1. The molecule has 0 aromatic heterocycles. The fourth-order valence-electron chi connectivity index (χ4n) is 4.14. The summed E-state index contributed by atoms with van der Waals surface area (Å²) in [6.45, 7) is 3.91. The molecule has 2 aliphatic rings. The lowest BCUT2D eigenvalue weighted by atomic mass is 9.77. The summed E-state index contributed by atoms with van der Waals surface area (Å²) in [6, 6.07) is 15.6. The third-order valence-corrected chi connectivity index (χ3v) is 7.30. The lowest BCUT2D eigenvalue weighted by Crippen LogP contribution is -2.31. The van der Waals surface area contributed by atoms with Gasteiger partial charge in [0.05, 0.1) is 28.3 Å². The van der Waals surface area contributed by atoms with Crippen LogP contribution < -0.4 is 10.6 Å². The van der Waals surface area contributed by atoms with Crippen molar-refractivity contribution in [2.45, 2.75) is 39.0 Å². The van der Waals surface area contributed by atoms with Crippen LogP contribution in [-0.4, -0.2) is 17.4 Å². The number of nitrogens with zero attached hydrogens (tertiary/aromatic N) is 1. The van der Waals surface area contributed by atoms with Gasteiger partial charge in [-0.2, -0.15) is 5.26 Å². The smallest absolute Gasteiger partial charge is 0.234 e. The second-order valence-corrected chi connectivity index (χ2v) is 9.69. The Balaban J connectivity index is 1.59. The average Bonchev–Trinajstić information content (AvgIpc) is 2.80. The van der Waals surface area contributed by atoms with E-state index in [1.54, 1.807) is 12.1 Å². The molecule has 1 amide bonds. The average molecular weight is 478 g/mol. The zero-order valence-electron chi connectivity index (χ0n) is 18.5. The molecule has 0 saturated heterocycles. The summed E-state index contributed by atoms with van der Waals surface area (Å²) in [4.78, 5) is 25.5. The molecule has 2 N–H and O–H groups in total. The summed E-state index contributed by atoms with van der Waals surface area (Å²) in [7, 11) is 0. The van der Waals surface area contributed by atoms with Crippen molar-refractivity contribution in [3.05, 3.63) is 86.0 Å². The first kappa shape index (κ1) is 23.2. The van der Waals surface area contributed by atoms with Crippen LogP contribution in [0.3, 0.4) is 0 Å². The lowest BCUT2D eigenvalue weighted by molar-refractivity contribution is -0.116. The van der Waals surface area contributed by atoms with Gasteiger partial charge in [-0.15, -0.1) is 0 Å². The second kappa shape index (κ2) is 9.86. The molecule has 1 aliphatic heterocycles. The third kappa shape index (κ3) is 5.00. The maximum Gasteiger partial charge on any atom is 0.234 e. The van der Waals surface area contributed by atoms with E-state index in [0.717, 1.165) is 35.2 Å². The van der Waals surface area contributed by atoms with Gasteiger partial charge in [0.25, 0.3) is 0 Å². The van der Waals surface area contributed by atoms with Crippen LogP contribution in [-0.2, 0) is 9.59 Å². The van der Waals surface area contributed by atoms with Gasteiger partial charge in [0, 0.05) is 28.4 Å². The number of allylic oxidation sites excluding steroid dienone is 3. The molecule has 0 fully saturated rings. The fraction of sp³-hybridized carbons (Fsp3) is 0.269. The Kier molecular flexibility index (Phi) is 6.92. The number of amides is 1. The fourth-order valence-corrected chi connectivity index (χ4v) is 5.18. The number of carbonyl (C=O) groups is 2. The Hall–Kier alpha value is -3.01. The number of benzene rings is 2. The van der Waals surface area contributed by atoms with Gasteiger partial charge < -0.3 is 10.6 Å². The van der Waals surface area contributed by atoms with Gasteiger partial charge >= 0.3 is 0 Å². The Morgan fingerprint density at radius 3 is 2.67 bits per heavy atom. The van der Waals surface area contributed by atoms with Crippen LogP contribution in [0.15, 0.2) is 64.3 Å². The first-order valence-corrected chi connectivity index (χ1v) is 12.2. The summed E-state index contributed by atoms with van der Waals surface area (Å²) < 4.78 is 0. The minimum atomic E-state index is -0.416. The second-order valence-electron chi connectivity index (χ2n) is 8.29. The van der Waals surface area contributed by atoms with E-state index < -0.39 is 5.92 Å². The van der Waals surface area contributed by atoms with Crippen molar-refractivity contribution < 1.29 is 9.59 Å². The molecule has 0 bridgehead atoms.